The predicted molar refractivity (Wildman–Crippen MR) is 168 cm³/mol. The number of hydrogen-bond acceptors (Lipinski definition) is 4. The van der Waals surface area contributed by atoms with Gasteiger partial charge in [0.05, 0.1) is 30.0 Å². The summed E-state index contributed by atoms with van der Waals surface area (Å²) < 4.78 is 8.23. The molecule has 0 bridgehead atoms. The highest BCUT2D eigenvalue weighted by Crippen LogP contribution is 2.55. The van der Waals surface area contributed by atoms with Gasteiger partial charge in [0.1, 0.15) is 0 Å². The molecule has 0 radical (unpaired) electrons. The first kappa shape index (κ1) is 27.7. The number of nitrogens with zero attached hydrogens (tertiary/aromatic N) is 2. The van der Waals surface area contributed by atoms with Crippen LogP contribution in [0.25, 0.3) is 16.7 Å². The van der Waals surface area contributed by atoms with Crippen molar-refractivity contribution >= 4 is 23.4 Å². The van der Waals surface area contributed by atoms with Gasteiger partial charge in [-0.15, -0.1) is 0 Å². The molecule has 3 aliphatic rings. The molecule has 2 aliphatic carbocycles. The summed E-state index contributed by atoms with van der Waals surface area (Å²) in [4.78, 5) is 0. The summed E-state index contributed by atoms with van der Waals surface area (Å²) in [6.07, 6.45) is 19.1. The van der Waals surface area contributed by atoms with E-state index in [0.717, 1.165) is 11.3 Å². The van der Waals surface area contributed by atoms with Crippen LogP contribution in [0.4, 0.5) is 0 Å². The number of rotatable bonds is 12. The Morgan fingerprint density at radius 1 is 0.949 bits per heavy atom. The molecule has 39 heavy (non-hydrogen) atoms. The lowest BCUT2D eigenvalue weighted by Crippen LogP contribution is -2.32. The number of hydrogen-bond donors (Lipinski definition) is 1. The fourth-order valence-corrected chi connectivity index (χ4v) is 7.39. The zero-order valence-electron chi connectivity index (χ0n) is 23.7. The average Bonchev–Trinajstić information content (AvgIpc) is 3.56. The topological polar surface area (TPSA) is 48.2 Å². The van der Waals surface area contributed by atoms with Crippen LogP contribution in [0.5, 0.6) is 0 Å². The Hall–Kier alpha value is -2.87. The van der Waals surface area contributed by atoms with Gasteiger partial charge in [0.15, 0.2) is 0 Å². The van der Waals surface area contributed by atoms with Gasteiger partial charge < -0.3 is 0 Å². The van der Waals surface area contributed by atoms with E-state index in [9.17, 15) is 5.26 Å². The Bertz CT molecular complexity index is 1360. The summed E-state index contributed by atoms with van der Waals surface area (Å²) in [6.45, 7) is 6.45. The van der Waals surface area contributed by atoms with Crippen LogP contribution in [0.3, 0.4) is 0 Å². The van der Waals surface area contributed by atoms with Gasteiger partial charge >= 0.3 is 0 Å². The standard InChI is InChI=1S/C35H41N3S/c1-4-6-8-12-20-35(21-13-9-7-5-2)31-15-11-10-14-29(31)30-19-16-26(23-32(30)35)28-18-17-27(22-25(3)24-36)33-34(28)38-39-37-33/h10-11,14-19,22-23,34,38H,4-9,12-13,20-21H2,1-3H3/b25-22+. The normalized spacial score (nSPS) is 19.0. The lowest BCUT2D eigenvalue weighted by Gasteiger charge is -2.33. The van der Waals surface area contributed by atoms with Gasteiger partial charge in [-0.05, 0) is 70.9 Å². The van der Waals surface area contributed by atoms with Crippen LogP contribution in [0.1, 0.15) is 102 Å². The van der Waals surface area contributed by atoms with Crippen LogP contribution >= 0.6 is 12.1 Å². The summed E-state index contributed by atoms with van der Waals surface area (Å²) >= 11 is 1.41. The molecule has 3 nitrogen and oxygen atoms in total. The first-order valence-electron chi connectivity index (χ1n) is 14.9. The fourth-order valence-electron chi connectivity index (χ4n) is 6.68. The number of nitriles is 1. The molecule has 0 saturated carbocycles. The van der Waals surface area contributed by atoms with E-state index in [1.807, 2.05) is 13.0 Å². The lowest BCUT2D eigenvalue weighted by atomic mass is 9.70. The van der Waals surface area contributed by atoms with Crippen LogP contribution in [-0.4, -0.2) is 11.8 Å². The van der Waals surface area contributed by atoms with Crippen molar-refractivity contribution in [3.05, 3.63) is 88.5 Å². The number of benzene rings is 2. The molecule has 1 N–H and O–H groups in total. The molecule has 1 aliphatic heterocycles. The van der Waals surface area contributed by atoms with Gasteiger partial charge in [-0.3, -0.25) is 0 Å². The smallest absolute Gasteiger partial charge is 0.0944 e. The molecule has 4 heteroatoms. The number of unbranched alkanes of at least 4 members (excludes halogenated alkanes) is 6. The van der Waals surface area contributed by atoms with E-state index in [1.165, 1.54) is 104 Å². The Kier molecular flexibility index (Phi) is 8.90. The van der Waals surface area contributed by atoms with E-state index in [0.29, 0.717) is 5.57 Å². The summed E-state index contributed by atoms with van der Waals surface area (Å²) in [6, 6.07) is 18.7. The molecule has 0 aromatic heterocycles. The maximum absolute atomic E-state index is 9.31. The van der Waals surface area contributed by atoms with Crippen LogP contribution in [0.2, 0.25) is 0 Å². The first-order chi connectivity index (χ1) is 19.1. The van der Waals surface area contributed by atoms with E-state index < -0.39 is 0 Å². The van der Waals surface area contributed by atoms with Crippen LogP contribution < -0.4 is 4.72 Å². The van der Waals surface area contributed by atoms with Gasteiger partial charge in [0.25, 0.3) is 0 Å². The second kappa shape index (κ2) is 12.5. The molecule has 2 aromatic rings. The first-order valence-corrected chi connectivity index (χ1v) is 15.6. The second-order valence-electron chi connectivity index (χ2n) is 11.3. The Balaban J connectivity index is 1.58. The van der Waals surface area contributed by atoms with E-state index in [1.54, 1.807) is 5.56 Å². The van der Waals surface area contributed by atoms with Gasteiger partial charge in [-0.1, -0.05) is 114 Å². The Labute approximate surface area is 239 Å². The highest BCUT2D eigenvalue weighted by Gasteiger charge is 2.42. The van der Waals surface area contributed by atoms with Crippen molar-refractivity contribution in [1.29, 1.82) is 5.26 Å². The third kappa shape index (κ3) is 5.45. The van der Waals surface area contributed by atoms with E-state index in [-0.39, 0.29) is 11.5 Å². The molecule has 0 saturated heterocycles. The van der Waals surface area contributed by atoms with Crippen LogP contribution in [0.15, 0.2) is 76.2 Å². The molecule has 5 rings (SSSR count). The summed E-state index contributed by atoms with van der Waals surface area (Å²) in [5.74, 6) is 0. The molecule has 2 aromatic carbocycles. The number of nitrogens with one attached hydrogen (secondary N) is 1. The predicted octanol–water partition coefficient (Wildman–Crippen LogP) is 9.66. The average molecular weight is 536 g/mol. The fraction of sp³-hybridized carbons (Fsp3) is 0.429. The van der Waals surface area contributed by atoms with Crippen molar-refractivity contribution in [2.75, 3.05) is 0 Å². The third-order valence-corrected chi connectivity index (χ3v) is 9.33. The van der Waals surface area contributed by atoms with Gasteiger partial charge in [-0.25, -0.2) is 9.12 Å². The molecule has 1 atom stereocenters. The van der Waals surface area contributed by atoms with Crippen molar-refractivity contribution in [3.63, 3.8) is 0 Å². The van der Waals surface area contributed by atoms with Crippen LogP contribution in [-0.2, 0) is 5.41 Å². The second-order valence-corrected chi connectivity index (χ2v) is 11.9. The van der Waals surface area contributed by atoms with Crippen molar-refractivity contribution in [2.24, 2.45) is 4.40 Å². The zero-order valence-corrected chi connectivity index (χ0v) is 24.5. The Morgan fingerprint density at radius 2 is 1.67 bits per heavy atom. The highest BCUT2D eigenvalue weighted by atomic mass is 32.2. The number of fused-ring (bicyclic) bond motifs is 4. The largest absolute Gasteiger partial charge is 0.231 e. The minimum Gasteiger partial charge on any atom is -0.231 e. The minimum absolute atomic E-state index is 0.0306. The van der Waals surface area contributed by atoms with Crippen molar-refractivity contribution < 1.29 is 0 Å². The maximum atomic E-state index is 9.31. The van der Waals surface area contributed by atoms with Gasteiger partial charge in [0.2, 0.25) is 0 Å². The molecular weight excluding hydrogens is 494 g/mol. The molecule has 0 amide bonds. The third-order valence-electron chi connectivity index (χ3n) is 8.70. The van der Waals surface area contributed by atoms with Crippen molar-refractivity contribution in [3.8, 4) is 17.2 Å². The van der Waals surface area contributed by atoms with Crippen LogP contribution in [0, 0.1) is 11.3 Å². The lowest BCUT2D eigenvalue weighted by molar-refractivity contribution is 0.401. The maximum Gasteiger partial charge on any atom is 0.0944 e. The van der Waals surface area contributed by atoms with Crippen molar-refractivity contribution in [1.82, 2.24) is 4.72 Å². The molecule has 202 valence electrons. The SMILES string of the molecule is CCCCCCC1(CCCCCC)c2ccccc2-c2ccc(C3=CC=C(/C=C(\C)C#N)C4=NSNC34)cc21. The molecule has 0 fully saturated rings. The monoisotopic (exact) mass is 535 g/mol. The Morgan fingerprint density at radius 3 is 2.38 bits per heavy atom. The summed E-state index contributed by atoms with van der Waals surface area (Å²) in [5.41, 5.74) is 11.3. The molecule has 1 unspecified atom stereocenters. The molecule has 1 heterocycles. The highest BCUT2D eigenvalue weighted by molar-refractivity contribution is 7.96. The van der Waals surface area contributed by atoms with E-state index in [2.05, 4.69) is 79.3 Å². The van der Waals surface area contributed by atoms with Crippen molar-refractivity contribution in [2.45, 2.75) is 96.4 Å². The van der Waals surface area contributed by atoms with Gasteiger partial charge in [-0.2, -0.15) is 5.26 Å². The van der Waals surface area contributed by atoms with E-state index in [4.69, 9.17) is 4.40 Å². The summed E-state index contributed by atoms with van der Waals surface area (Å²) in [5, 5.41) is 9.31. The minimum atomic E-state index is 0.0306. The van der Waals surface area contributed by atoms with Gasteiger partial charge in [0, 0.05) is 11.0 Å². The zero-order chi connectivity index (χ0) is 27.2. The molecule has 0 spiro atoms. The quantitative estimate of drug-likeness (QED) is 0.167. The summed E-state index contributed by atoms with van der Waals surface area (Å²) in [7, 11) is 0. The molecular formula is C35H41N3S. The number of allylic oxidation sites excluding steroid dienone is 4. The van der Waals surface area contributed by atoms with E-state index >= 15 is 0 Å².